The zero-order valence-electron chi connectivity index (χ0n) is 10.2. The Hall–Kier alpha value is -1.82. The third-order valence-corrected chi connectivity index (χ3v) is 3.45. The van der Waals surface area contributed by atoms with Gasteiger partial charge in [0.05, 0.1) is 5.25 Å². The quantitative estimate of drug-likeness (QED) is 0.822. The van der Waals surface area contributed by atoms with E-state index in [9.17, 15) is 4.79 Å². The highest BCUT2D eigenvalue weighted by molar-refractivity contribution is 8.00. The number of aromatic nitrogens is 3. The molecule has 0 aliphatic carbocycles. The van der Waals surface area contributed by atoms with E-state index in [1.165, 1.54) is 17.3 Å². The number of hydrogen-bond donors (Lipinski definition) is 2. The molecule has 0 fully saturated rings. The molecule has 1 heterocycles. The Kier molecular flexibility index (Phi) is 3.66. The van der Waals surface area contributed by atoms with Crippen molar-refractivity contribution in [2.24, 2.45) is 5.73 Å². The molecule has 2 aromatic rings. The number of aromatic amines is 1. The van der Waals surface area contributed by atoms with E-state index in [0.29, 0.717) is 11.0 Å². The van der Waals surface area contributed by atoms with Gasteiger partial charge in [-0.1, -0.05) is 41.6 Å². The summed E-state index contributed by atoms with van der Waals surface area (Å²) in [5.41, 5.74) is 7.35. The second kappa shape index (κ2) is 5.22. The van der Waals surface area contributed by atoms with Crippen LogP contribution in [0.25, 0.3) is 11.4 Å². The van der Waals surface area contributed by atoms with E-state index >= 15 is 0 Å². The molecule has 0 spiro atoms. The average Bonchev–Trinajstić information content (AvgIpc) is 2.78. The number of hydrogen-bond acceptors (Lipinski definition) is 4. The average molecular weight is 262 g/mol. The predicted molar refractivity (Wildman–Crippen MR) is 71.1 cm³/mol. The molecule has 3 N–H and O–H groups in total. The Morgan fingerprint density at radius 2 is 2.06 bits per heavy atom. The van der Waals surface area contributed by atoms with Crippen LogP contribution in [0.4, 0.5) is 0 Å². The first-order chi connectivity index (χ1) is 8.56. The van der Waals surface area contributed by atoms with Crippen LogP contribution < -0.4 is 5.73 Å². The Morgan fingerprint density at radius 1 is 1.39 bits per heavy atom. The van der Waals surface area contributed by atoms with Crippen LogP contribution in [0.2, 0.25) is 0 Å². The van der Waals surface area contributed by atoms with E-state index in [1.807, 2.05) is 31.2 Å². The summed E-state index contributed by atoms with van der Waals surface area (Å²) in [5.74, 6) is 0.316. The first-order valence-corrected chi connectivity index (χ1v) is 6.39. The van der Waals surface area contributed by atoms with Crippen molar-refractivity contribution < 1.29 is 4.79 Å². The molecule has 0 saturated heterocycles. The summed E-state index contributed by atoms with van der Waals surface area (Å²) >= 11 is 1.24. The molecule has 0 bridgehead atoms. The maximum atomic E-state index is 11.0. The number of aryl methyl sites for hydroxylation is 1. The molecule has 1 amide bonds. The Morgan fingerprint density at radius 3 is 2.67 bits per heavy atom. The highest BCUT2D eigenvalue weighted by Gasteiger charge is 2.14. The lowest BCUT2D eigenvalue weighted by atomic mass is 10.1. The molecule has 1 aromatic carbocycles. The number of thioether (sulfide) groups is 1. The standard InChI is InChI=1S/C12H14N4OS/c1-7-3-5-9(6-4-7)11-14-12(16-15-11)18-8(2)10(13)17/h3-6,8H,1-2H3,(H2,13,17)(H,14,15,16). The molecule has 18 heavy (non-hydrogen) atoms. The number of nitrogens with zero attached hydrogens (tertiary/aromatic N) is 2. The summed E-state index contributed by atoms with van der Waals surface area (Å²) < 4.78 is 0. The van der Waals surface area contributed by atoms with Gasteiger partial charge < -0.3 is 5.73 Å². The summed E-state index contributed by atoms with van der Waals surface area (Å²) in [6.45, 7) is 3.76. The maximum absolute atomic E-state index is 11.0. The topological polar surface area (TPSA) is 84.7 Å². The minimum atomic E-state index is -0.373. The molecule has 0 radical (unpaired) electrons. The van der Waals surface area contributed by atoms with Crippen molar-refractivity contribution in [3.8, 4) is 11.4 Å². The van der Waals surface area contributed by atoms with Crippen molar-refractivity contribution in [3.05, 3.63) is 29.8 Å². The van der Waals surface area contributed by atoms with Crippen LogP contribution in [-0.4, -0.2) is 26.3 Å². The van der Waals surface area contributed by atoms with E-state index in [0.717, 1.165) is 5.56 Å². The molecule has 1 atom stereocenters. The maximum Gasteiger partial charge on any atom is 0.230 e. The molecule has 0 saturated carbocycles. The van der Waals surface area contributed by atoms with Gasteiger partial charge in [0.2, 0.25) is 11.1 Å². The molecule has 1 aromatic heterocycles. The number of carbonyl (C=O) groups is 1. The highest BCUT2D eigenvalue weighted by atomic mass is 32.2. The van der Waals surface area contributed by atoms with Gasteiger partial charge in [0.1, 0.15) is 0 Å². The first kappa shape index (κ1) is 12.6. The van der Waals surface area contributed by atoms with Crippen LogP contribution in [-0.2, 0) is 4.79 Å². The molecular formula is C12H14N4OS. The lowest BCUT2D eigenvalue weighted by molar-refractivity contribution is -0.117. The van der Waals surface area contributed by atoms with E-state index < -0.39 is 0 Å². The van der Waals surface area contributed by atoms with Crippen molar-refractivity contribution in [3.63, 3.8) is 0 Å². The molecule has 0 aliphatic rings. The van der Waals surface area contributed by atoms with Crippen LogP contribution in [0.1, 0.15) is 12.5 Å². The molecular weight excluding hydrogens is 248 g/mol. The summed E-state index contributed by atoms with van der Waals surface area (Å²) in [6.07, 6.45) is 0. The number of H-pyrrole nitrogens is 1. The summed E-state index contributed by atoms with van der Waals surface area (Å²) in [7, 11) is 0. The van der Waals surface area contributed by atoms with Gasteiger partial charge in [0, 0.05) is 5.56 Å². The van der Waals surface area contributed by atoms with Crippen molar-refractivity contribution in [2.45, 2.75) is 24.3 Å². The van der Waals surface area contributed by atoms with Gasteiger partial charge in [-0.05, 0) is 13.8 Å². The SMILES string of the molecule is Cc1ccc(-c2nc(SC(C)C(N)=O)n[nH]2)cc1. The lowest BCUT2D eigenvalue weighted by Gasteiger charge is -2.01. The minimum Gasteiger partial charge on any atom is -0.369 e. The number of nitrogens with one attached hydrogen (secondary N) is 1. The summed E-state index contributed by atoms with van der Waals surface area (Å²) in [6, 6.07) is 7.97. The van der Waals surface area contributed by atoms with Crippen LogP contribution in [0.3, 0.4) is 0 Å². The Labute approximate surface area is 109 Å². The van der Waals surface area contributed by atoms with E-state index in [-0.39, 0.29) is 11.2 Å². The number of carbonyl (C=O) groups excluding carboxylic acids is 1. The monoisotopic (exact) mass is 262 g/mol. The van der Waals surface area contributed by atoms with Gasteiger partial charge in [0.25, 0.3) is 0 Å². The third-order valence-electron chi connectivity index (χ3n) is 2.47. The minimum absolute atomic E-state index is 0.341. The van der Waals surface area contributed by atoms with E-state index in [1.54, 1.807) is 6.92 Å². The van der Waals surface area contributed by atoms with Gasteiger partial charge in [0.15, 0.2) is 5.82 Å². The highest BCUT2D eigenvalue weighted by Crippen LogP contribution is 2.22. The second-order valence-electron chi connectivity index (χ2n) is 4.00. The van der Waals surface area contributed by atoms with Crippen molar-refractivity contribution in [1.82, 2.24) is 15.2 Å². The van der Waals surface area contributed by atoms with Crippen molar-refractivity contribution in [2.75, 3.05) is 0 Å². The fourth-order valence-corrected chi connectivity index (χ4v) is 2.03. The molecule has 6 heteroatoms. The van der Waals surface area contributed by atoms with Gasteiger partial charge in [-0.25, -0.2) is 4.98 Å². The number of amides is 1. The van der Waals surface area contributed by atoms with Crippen LogP contribution in [0, 0.1) is 6.92 Å². The van der Waals surface area contributed by atoms with Crippen molar-refractivity contribution >= 4 is 17.7 Å². The van der Waals surface area contributed by atoms with Crippen LogP contribution in [0.15, 0.2) is 29.4 Å². The zero-order chi connectivity index (χ0) is 13.1. The normalized spacial score (nSPS) is 12.3. The van der Waals surface area contributed by atoms with Gasteiger partial charge >= 0.3 is 0 Å². The fourth-order valence-electron chi connectivity index (χ4n) is 1.36. The molecule has 2 rings (SSSR count). The predicted octanol–water partition coefficient (Wildman–Crippen LogP) is 1.75. The first-order valence-electron chi connectivity index (χ1n) is 5.51. The fraction of sp³-hybridized carbons (Fsp3) is 0.250. The molecule has 0 aliphatic heterocycles. The number of benzene rings is 1. The molecule has 5 nitrogen and oxygen atoms in total. The van der Waals surface area contributed by atoms with E-state index in [2.05, 4.69) is 15.2 Å². The molecule has 1 unspecified atom stereocenters. The third kappa shape index (κ3) is 2.89. The number of rotatable bonds is 4. The summed E-state index contributed by atoms with van der Waals surface area (Å²) in [4.78, 5) is 15.3. The lowest BCUT2D eigenvalue weighted by Crippen LogP contribution is -2.22. The largest absolute Gasteiger partial charge is 0.369 e. The Balaban J connectivity index is 2.15. The van der Waals surface area contributed by atoms with E-state index in [4.69, 9.17) is 5.73 Å². The van der Waals surface area contributed by atoms with Crippen molar-refractivity contribution in [1.29, 1.82) is 0 Å². The summed E-state index contributed by atoms with van der Waals surface area (Å²) in [5, 5.41) is 7.09. The smallest absolute Gasteiger partial charge is 0.230 e. The molecule has 94 valence electrons. The van der Waals surface area contributed by atoms with Gasteiger partial charge in [-0.15, -0.1) is 5.10 Å². The van der Waals surface area contributed by atoms with Crippen LogP contribution in [0.5, 0.6) is 0 Å². The zero-order valence-corrected chi connectivity index (χ0v) is 11.0. The Bertz CT molecular complexity index is 549. The second-order valence-corrected chi connectivity index (χ2v) is 5.30. The van der Waals surface area contributed by atoms with Gasteiger partial charge in [-0.2, -0.15) is 0 Å². The van der Waals surface area contributed by atoms with Gasteiger partial charge in [-0.3, -0.25) is 9.89 Å². The number of primary amides is 1. The van der Waals surface area contributed by atoms with Crippen LogP contribution >= 0.6 is 11.8 Å². The number of nitrogens with two attached hydrogens (primary N) is 1.